The number of hydrogen-bond donors (Lipinski definition) is 1. The molecule has 0 aromatic rings. The number of carbonyl (C=O) groups excluding carboxylic acids is 2. The van der Waals surface area contributed by atoms with Gasteiger partial charge in [0.15, 0.2) is 6.61 Å². The van der Waals surface area contributed by atoms with E-state index < -0.39 is 11.8 Å². The standard InChI is InChI=1S/C22H36O4/c1-2-3-4-5-6-7-8-9-10-11-12-13-14-15-16-17-19(23)21-20(24)18-26-22(21)25/h9-10,23H,2-8,11-18H2,1H3/b10-9+,21-19?. The summed E-state index contributed by atoms with van der Waals surface area (Å²) in [5, 5.41) is 9.84. The Morgan fingerprint density at radius 1 is 0.885 bits per heavy atom. The minimum atomic E-state index is -0.680. The predicted octanol–water partition coefficient (Wildman–Crippen LogP) is 5.96. The van der Waals surface area contributed by atoms with E-state index in [-0.39, 0.29) is 17.9 Å². The molecule has 1 N–H and O–H groups in total. The molecule has 0 bridgehead atoms. The van der Waals surface area contributed by atoms with E-state index in [0.717, 1.165) is 25.7 Å². The third-order valence-electron chi connectivity index (χ3n) is 4.78. The van der Waals surface area contributed by atoms with Gasteiger partial charge in [-0.15, -0.1) is 0 Å². The summed E-state index contributed by atoms with van der Waals surface area (Å²) in [7, 11) is 0. The van der Waals surface area contributed by atoms with Crippen molar-refractivity contribution in [1.82, 2.24) is 0 Å². The predicted molar refractivity (Wildman–Crippen MR) is 105 cm³/mol. The summed E-state index contributed by atoms with van der Waals surface area (Å²) in [6.07, 6.45) is 20.8. The van der Waals surface area contributed by atoms with Crippen molar-refractivity contribution >= 4 is 11.8 Å². The van der Waals surface area contributed by atoms with Crippen LogP contribution in [-0.4, -0.2) is 23.5 Å². The van der Waals surface area contributed by atoms with Crippen molar-refractivity contribution in [3.63, 3.8) is 0 Å². The molecule has 1 aliphatic heterocycles. The maximum absolute atomic E-state index is 11.4. The molecule has 4 heteroatoms. The van der Waals surface area contributed by atoms with Crippen LogP contribution in [0.5, 0.6) is 0 Å². The molecular formula is C22H36O4. The van der Waals surface area contributed by atoms with Gasteiger partial charge in [-0.3, -0.25) is 4.79 Å². The summed E-state index contributed by atoms with van der Waals surface area (Å²) in [6.45, 7) is 2.02. The second-order valence-electron chi connectivity index (χ2n) is 7.16. The van der Waals surface area contributed by atoms with Gasteiger partial charge in [-0.2, -0.15) is 0 Å². The monoisotopic (exact) mass is 364 g/mol. The summed E-state index contributed by atoms with van der Waals surface area (Å²) < 4.78 is 4.61. The van der Waals surface area contributed by atoms with Gasteiger partial charge in [-0.1, -0.05) is 70.4 Å². The highest BCUT2D eigenvalue weighted by atomic mass is 16.5. The topological polar surface area (TPSA) is 63.6 Å². The molecule has 0 saturated carbocycles. The number of esters is 1. The average molecular weight is 365 g/mol. The molecular weight excluding hydrogens is 328 g/mol. The molecule has 1 saturated heterocycles. The Morgan fingerprint density at radius 3 is 1.96 bits per heavy atom. The molecule has 0 amide bonds. The molecule has 0 aliphatic carbocycles. The highest BCUT2D eigenvalue weighted by Crippen LogP contribution is 2.18. The number of ketones is 1. The highest BCUT2D eigenvalue weighted by molar-refractivity contribution is 6.22. The maximum atomic E-state index is 11.4. The van der Waals surface area contributed by atoms with Gasteiger partial charge >= 0.3 is 5.97 Å². The molecule has 0 atom stereocenters. The number of unbranched alkanes of at least 4 members (excludes halogenated alkanes) is 11. The lowest BCUT2D eigenvalue weighted by molar-refractivity contribution is -0.135. The molecule has 4 nitrogen and oxygen atoms in total. The van der Waals surface area contributed by atoms with Crippen LogP contribution in [0.4, 0.5) is 0 Å². The number of rotatable bonds is 15. The minimum absolute atomic E-state index is 0.102. The van der Waals surface area contributed by atoms with Gasteiger partial charge in [-0.25, -0.2) is 4.79 Å². The van der Waals surface area contributed by atoms with E-state index in [2.05, 4.69) is 23.8 Å². The van der Waals surface area contributed by atoms with E-state index in [1.807, 2.05) is 0 Å². The number of allylic oxidation sites excluding steroid dienone is 3. The van der Waals surface area contributed by atoms with E-state index in [0.29, 0.717) is 6.42 Å². The first-order chi connectivity index (χ1) is 12.7. The maximum Gasteiger partial charge on any atom is 0.345 e. The third-order valence-corrected chi connectivity index (χ3v) is 4.78. The van der Waals surface area contributed by atoms with Crippen molar-refractivity contribution in [2.75, 3.05) is 6.61 Å². The van der Waals surface area contributed by atoms with Crippen LogP contribution in [-0.2, 0) is 14.3 Å². The Balaban J connectivity index is 1.92. The van der Waals surface area contributed by atoms with Crippen LogP contribution < -0.4 is 0 Å². The largest absolute Gasteiger partial charge is 0.511 e. The summed E-state index contributed by atoms with van der Waals surface area (Å²) in [5.74, 6) is -1.18. The molecule has 1 fully saturated rings. The molecule has 0 aromatic heterocycles. The quantitative estimate of drug-likeness (QED) is 0.0972. The smallest absolute Gasteiger partial charge is 0.345 e. The fourth-order valence-electron chi connectivity index (χ4n) is 3.16. The Bertz CT molecular complexity index is 459. The number of aliphatic hydroxyl groups is 1. The zero-order valence-corrected chi connectivity index (χ0v) is 16.4. The SMILES string of the molecule is CCCCCCCC/C=C/CCCCCCCC(O)=C1C(=O)COC1=O. The van der Waals surface area contributed by atoms with E-state index in [1.54, 1.807) is 0 Å². The zero-order chi connectivity index (χ0) is 19.0. The Hall–Kier alpha value is -1.58. The first kappa shape index (κ1) is 22.5. The summed E-state index contributed by atoms with van der Waals surface area (Å²) in [5.41, 5.74) is -0.138. The highest BCUT2D eigenvalue weighted by Gasteiger charge is 2.31. The van der Waals surface area contributed by atoms with Gasteiger partial charge in [0, 0.05) is 6.42 Å². The zero-order valence-electron chi connectivity index (χ0n) is 16.4. The fraction of sp³-hybridized carbons (Fsp3) is 0.727. The van der Waals surface area contributed by atoms with Crippen LogP contribution in [0.1, 0.15) is 96.8 Å². The van der Waals surface area contributed by atoms with Crippen LogP contribution in [0, 0.1) is 0 Å². The van der Waals surface area contributed by atoms with Crippen molar-refractivity contribution < 1.29 is 19.4 Å². The van der Waals surface area contributed by atoms with E-state index in [1.165, 1.54) is 57.8 Å². The molecule has 0 unspecified atom stereocenters. The Morgan fingerprint density at radius 2 is 1.42 bits per heavy atom. The van der Waals surface area contributed by atoms with Crippen LogP contribution in [0.3, 0.4) is 0 Å². The Kier molecular flexibility index (Phi) is 12.6. The van der Waals surface area contributed by atoms with Crippen molar-refractivity contribution in [3.05, 3.63) is 23.5 Å². The van der Waals surface area contributed by atoms with Gasteiger partial charge in [-0.05, 0) is 32.1 Å². The second kappa shape index (κ2) is 14.6. The van der Waals surface area contributed by atoms with Crippen LogP contribution >= 0.6 is 0 Å². The second-order valence-corrected chi connectivity index (χ2v) is 7.16. The first-order valence-electron chi connectivity index (χ1n) is 10.4. The Labute approximate surface area is 158 Å². The van der Waals surface area contributed by atoms with Gasteiger partial charge in [0.25, 0.3) is 0 Å². The van der Waals surface area contributed by atoms with Gasteiger partial charge in [0.2, 0.25) is 5.78 Å². The van der Waals surface area contributed by atoms with Crippen molar-refractivity contribution in [2.24, 2.45) is 0 Å². The molecule has 1 heterocycles. The van der Waals surface area contributed by atoms with Crippen molar-refractivity contribution in [2.45, 2.75) is 96.8 Å². The van der Waals surface area contributed by atoms with Crippen molar-refractivity contribution in [3.8, 4) is 0 Å². The van der Waals surface area contributed by atoms with Crippen LogP contribution in [0.2, 0.25) is 0 Å². The molecule has 0 radical (unpaired) electrons. The summed E-state index contributed by atoms with van der Waals surface area (Å²) in [6, 6.07) is 0. The summed E-state index contributed by atoms with van der Waals surface area (Å²) in [4.78, 5) is 22.7. The van der Waals surface area contributed by atoms with Gasteiger partial charge < -0.3 is 9.84 Å². The normalized spacial score (nSPS) is 16.5. The fourth-order valence-corrected chi connectivity index (χ4v) is 3.16. The minimum Gasteiger partial charge on any atom is -0.511 e. The number of carbonyl (C=O) groups is 2. The lowest BCUT2D eigenvalue weighted by Gasteiger charge is -2.02. The number of ether oxygens (including phenoxy) is 1. The number of hydrogen-bond acceptors (Lipinski definition) is 4. The molecule has 0 aromatic carbocycles. The van der Waals surface area contributed by atoms with Gasteiger partial charge in [0.05, 0.1) is 0 Å². The lowest BCUT2D eigenvalue weighted by atomic mass is 10.1. The first-order valence-corrected chi connectivity index (χ1v) is 10.4. The van der Waals surface area contributed by atoms with Crippen LogP contribution in [0.15, 0.2) is 23.5 Å². The van der Waals surface area contributed by atoms with E-state index >= 15 is 0 Å². The van der Waals surface area contributed by atoms with Gasteiger partial charge in [0.1, 0.15) is 11.3 Å². The number of aliphatic hydroxyl groups excluding tert-OH is 1. The molecule has 26 heavy (non-hydrogen) atoms. The number of cyclic esters (lactones) is 1. The molecule has 1 aliphatic rings. The molecule has 1 rings (SSSR count). The van der Waals surface area contributed by atoms with Crippen molar-refractivity contribution in [1.29, 1.82) is 0 Å². The lowest BCUT2D eigenvalue weighted by Crippen LogP contribution is -2.05. The average Bonchev–Trinajstić information content (AvgIpc) is 2.96. The van der Waals surface area contributed by atoms with Crippen LogP contribution in [0.25, 0.3) is 0 Å². The molecule has 0 spiro atoms. The van der Waals surface area contributed by atoms with E-state index in [9.17, 15) is 14.7 Å². The van der Waals surface area contributed by atoms with E-state index in [4.69, 9.17) is 0 Å². The summed E-state index contributed by atoms with van der Waals surface area (Å²) >= 11 is 0. The molecule has 148 valence electrons. The number of Topliss-reactive ketones (excluding diaryl/α,β-unsaturated/α-hetero) is 1. The third kappa shape index (κ3) is 9.79.